The maximum absolute atomic E-state index is 11.7. The van der Waals surface area contributed by atoms with E-state index in [1.807, 2.05) is 31.2 Å². The van der Waals surface area contributed by atoms with Gasteiger partial charge in [0.15, 0.2) is 0 Å². The molecule has 0 aliphatic heterocycles. The van der Waals surface area contributed by atoms with Crippen molar-refractivity contribution in [2.24, 2.45) is 5.10 Å². The zero-order valence-electron chi connectivity index (χ0n) is 11.1. The van der Waals surface area contributed by atoms with E-state index < -0.39 is 0 Å². The van der Waals surface area contributed by atoms with Crippen molar-refractivity contribution < 1.29 is 9.53 Å². The molecule has 1 aromatic heterocycles. The van der Waals surface area contributed by atoms with Crippen LogP contribution in [0, 0.1) is 0 Å². The zero-order chi connectivity index (χ0) is 14.2. The summed E-state index contributed by atoms with van der Waals surface area (Å²) >= 11 is 0. The second kappa shape index (κ2) is 7.04. The normalized spacial score (nSPS) is 10.4. The molecule has 20 heavy (non-hydrogen) atoms. The third kappa shape index (κ3) is 3.91. The Labute approximate surface area is 117 Å². The topological polar surface area (TPSA) is 63.6 Å². The second-order valence-corrected chi connectivity index (χ2v) is 3.92. The number of carbonyl (C=O) groups excluding carboxylic acids is 1. The fraction of sp³-hybridized carbons (Fsp3) is 0.133. The quantitative estimate of drug-likeness (QED) is 0.669. The Hall–Kier alpha value is -2.69. The van der Waals surface area contributed by atoms with E-state index in [4.69, 9.17) is 4.74 Å². The highest BCUT2D eigenvalue weighted by Crippen LogP contribution is 2.11. The molecule has 5 heteroatoms. The lowest BCUT2D eigenvalue weighted by Gasteiger charge is -2.03. The summed E-state index contributed by atoms with van der Waals surface area (Å²) in [6.45, 7) is 2.53. The summed E-state index contributed by atoms with van der Waals surface area (Å²) in [5.41, 5.74) is 3.60. The summed E-state index contributed by atoms with van der Waals surface area (Å²) in [7, 11) is 0. The summed E-state index contributed by atoms with van der Waals surface area (Å²) in [5, 5.41) is 3.90. The number of nitrogens with zero attached hydrogens (tertiary/aromatic N) is 2. The first-order valence-electron chi connectivity index (χ1n) is 6.27. The molecule has 1 amide bonds. The number of hydrogen-bond acceptors (Lipinski definition) is 4. The molecule has 0 saturated heterocycles. The van der Waals surface area contributed by atoms with Gasteiger partial charge in [0.25, 0.3) is 5.91 Å². The molecule has 0 fully saturated rings. The number of hydrazone groups is 1. The number of aromatic nitrogens is 1. The zero-order valence-corrected chi connectivity index (χ0v) is 11.1. The highest BCUT2D eigenvalue weighted by molar-refractivity contribution is 5.93. The average Bonchev–Trinajstić information content (AvgIpc) is 2.49. The molecular formula is C15H15N3O2. The Morgan fingerprint density at radius 2 is 2.25 bits per heavy atom. The maximum atomic E-state index is 11.7. The summed E-state index contributed by atoms with van der Waals surface area (Å²) in [6.07, 6.45) is 3.12. The van der Waals surface area contributed by atoms with E-state index in [2.05, 4.69) is 15.5 Å². The third-order valence-corrected chi connectivity index (χ3v) is 2.45. The molecule has 2 rings (SSSR count). The van der Waals surface area contributed by atoms with Crippen LogP contribution in [0.1, 0.15) is 23.0 Å². The van der Waals surface area contributed by atoms with E-state index in [1.165, 1.54) is 0 Å². The Morgan fingerprint density at radius 3 is 3.00 bits per heavy atom. The van der Waals surface area contributed by atoms with Crippen LogP contribution in [0.4, 0.5) is 0 Å². The molecule has 0 atom stereocenters. The Bertz CT molecular complexity index is 597. The Balaban J connectivity index is 1.96. The number of benzene rings is 1. The smallest absolute Gasteiger partial charge is 0.289 e. The first-order chi connectivity index (χ1) is 9.79. The predicted octanol–water partition coefficient (Wildman–Crippen LogP) is 2.24. The van der Waals surface area contributed by atoms with Crippen molar-refractivity contribution in [3.05, 3.63) is 59.9 Å². The number of nitrogens with one attached hydrogen (secondary N) is 1. The third-order valence-electron chi connectivity index (χ3n) is 2.45. The van der Waals surface area contributed by atoms with E-state index in [9.17, 15) is 4.79 Å². The molecule has 2 aromatic rings. The van der Waals surface area contributed by atoms with Gasteiger partial charge in [0, 0.05) is 6.20 Å². The van der Waals surface area contributed by atoms with Crippen LogP contribution in [0.2, 0.25) is 0 Å². The molecule has 0 aliphatic rings. The molecule has 102 valence electrons. The summed E-state index contributed by atoms with van der Waals surface area (Å²) < 4.78 is 5.38. The van der Waals surface area contributed by atoms with Crippen LogP contribution in [0.15, 0.2) is 53.8 Å². The van der Waals surface area contributed by atoms with Gasteiger partial charge >= 0.3 is 0 Å². The number of ether oxygens (including phenoxy) is 1. The van der Waals surface area contributed by atoms with Crippen LogP contribution in [0.3, 0.4) is 0 Å². The molecule has 0 spiro atoms. The van der Waals surface area contributed by atoms with Gasteiger partial charge in [0.1, 0.15) is 11.4 Å². The standard InChI is InChI=1S/C15H15N3O2/c1-2-20-13-7-5-6-12(10-13)11-17-18-15(19)14-8-3-4-9-16-14/h3-11H,2H2,1H3,(H,18,19)/b17-11-. The number of rotatable bonds is 5. The second-order valence-electron chi connectivity index (χ2n) is 3.92. The minimum Gasteiger partial charge on any atom is -0.494 e. The molecule has 1 N–H and O–H groups in total. The summed E-state index contributed by atoms with van der Waals surface area (Å²) in [4.78, 5) is 15.6. The molecular weight excluding hydrogens is 254 g/mol. The van der Waals surface area contributed by atoms with Gasteiger partial charge in [-0.1, -0.05) is 18.2 Å². The molecule has 0 unspecified atom stereocenters. The maximum Gasteiger partial charge on any atom is 0.289 e. The summed E-state index contributed by atoms with van der Waals surface area (Å²) in [6, 6.07) is 12.6. The lowest BCUT2D eigenvalue weighted by molar-refractivity contribution is 0.0950. The number of pyridine rings is 1. The molecule has 0 bridgehead atoms. The van der Waals surface area contributed by atoms with Crippen molar-refractivity contribution in [1.82, 2.24) is 10.4 Å². The van der Waals surface area contributed by atoms with Crippen LogP contribution in [-0.4, -0.2) is 23.7 Å². The van der Waals surface area contributed by atoms with Gasteiger partial charge in [-0.05, 0) is 36.8 Å². The van der Waals surface area contributed by atoms with Crippen molar-refractivity contribution in [3.8, 4) is 5.75 Å². The van der Waals surface area contributed by atoms with Gasteiger partial charge < -0.3 is 4.74 Å². The lowest BCUT2D eigenvalue weighted by Crippen LogP contribution is -2.18. The highest BCUT2D eigenvalue weighted by Gasteiger charge is 2.03. The molecule has 0 aliphatic carbocycles. The van der Waals surface area contributed by atoms with E-state index in [-0.39, 0.29) is 5.91 Å². The number of hydrogen-bond donors (Lipinski definition) is 1. The highest BCUT2D eigenvalue weighted by atomic mass is 16.5. The van der Waals surface area contributed by atoms with Crippen LogP contribution in [-0.2, 0) is 0 Å². The van der Waals surface area contributed by atoms with Crippen molar-refractivity contribution in [1.29, 1.82) is 0 Å². The van der Waals surface area contributed by atoms with Crippen LogP contribution in [0.25, 0.3) is 0 Å². The first kappa shape index (κ1) is 13.7. The number of amides is 1. The van der Waals surface area contributed by atoms with Gasteiger partial charge in [-0.15, -0.1) is 0 Å². The van der Waals surface area contributed by atoms with Gasteiger partial charge in [0.2, 0.25) is 0 Å². The Kier molecular flexibility index (Phi) is 4.83. The van der Waals surface area contributed by atoms with Crippen molar-refractivity contribution in [3.63, 3.8) is 0 Å². The van der Waals surface area contributed by atoms with Gasteiger partial charge in [0.05, 0.1) is 12.8 Å². The average molecular weight is 269 g/mol. The van der Waals surface area contributed by atoms with E-state index in [1.54, 1.807) is 30.6 Å². The van der Waals surface area contributed by atoms with Crippen LogP contribution in [0.5, 0.6) is 5.75 Å². The lowest BCUT2D eigenvalue weighted by atomic mass is 10.2. The SMILES string of the molecule is CCOc1cccc(/C=N\NC(=O)c2ccccn2)c1. The predicted molar refractivity (Wildman–Crippen MR) is 76.9 cm³/mol. The van der Waals surface area contributed by atoms with Crippen molar-refractivity contribution in [2.75, 3.05) is 6.61 Å². The van der Waals surface area contributed by atoms with Gasteiger partial charge in [-0.2, -0.15) is 5.10 Å². The van der Waals surface area contributed by atoms with E-state index >= 15 is 0 Å². The Morgan fingerprint density at radius 1 is 1.35 bits per heavy atom. The first-order valence-corrected chi connectivity index (χ1v) is 6.27. The molecule has 1 heterocycles. The largest absolute Gasteiger partial charge is 0.494 e. The molecule has 0 radical (unpaired) electrons. The fourth-order valence-corrected chi connectivity index (χ4v) is 1.57. The minimum absolute atomic E-state index is 0.327. The van der Waals surface area contributed by atoms with Crippen LogP contribution >= 0.6 is 0 Å². The minimum atomic E-state index is -0.345. The van der Waals surface area contributed by atoms with E-state index in [0.29, 0.717) is 12.3 Å². The van der Waals surface area contributed by atoms with Crippen molar-refractivity contribution in [2.45, 2.75) is 6.92 Å². The van der Waals surface area contributed by atoms with Crippen molar-refractivity contribution >= 4 is 12.1 Å². The van der Waals surface area contributed by atoms with Gasteiger partial charge in [-0.3, -0.25) is 9.78 Å². The monoisotopic (exact) mass is 269 g/mol. The molecule has 0 saturated carbocycles. The van der Waals surface area contributed by atoms with E-state index in [0.717, 1.165) is 11.3 Å². The fourth-order valence-electron chi connectivity index (χ4n) is 1.57. The number of carbonyl (C=O) groups is 1. The molecule has 1 aromatic carbocycles. The van der Waals surface area contributed by atoms with Crippen LogP contribution < -0.4 is 10.2 Å². The van der Waals surface area contributed by atoms with Gasteiger partial charge in [-0.25, -0.2) is 5.43 Å². The summed E-state index contributed by atoms with van der Waals surface area (Å²) in [5.74, 6) is 0.426. The molecule has 5 nitrogen and oxygen atoms in total.